The Hall–Kier alpha value is -3.15. The first-order valence-corrected chi connectivity index (χ1v) is 11.0. The van der Waals surface area contributed by atoms with E-state index >= 15 is 0 Å². The molecule has 4 N–H and O–H groups in total. The topological polar surface area (TPSA) is 111 Å². The number of unbranched alkanes of at least 4 members (excludes halogenated alkanes) is 7. The highest BCUT2D eigenvalue weighted by atomic mass is 16.4. The normalized spacial score (nSPS) is 11.3. The smallest absolute Gasteiger partial charge is 0.235 e. The molecule has 6 nitrogen and oxygen atoms in total. The van der Waals surface area contributed by atoms with E-state index in [0.29, 0.717) is 0 Å². The van der Waals surface area contributed by atoms with Gasteiger partial charge in [-0.05, 0) is 42.7 Å². The maximum atomic E-state index is 12.6. The molecule has 0 amide bonds. The largest absolute Gasteiger partial charge is 0.507 e. The molecule has 0 unspecified atom stereocenters. The third kappa shape index (κ3) is 5.13. The molecule has 1 heterocycles. The number of benzene rings is 2. The molecule has 1 aromatic heterocycles. The van der Waals surface area contributed by atoms with Gasteiger partial charge in [0.25, 0.3) is 0 Å². The number of aryl methyl sites for hydroxylation is 1. The molecule has 0 aliphatic heterocycles. The number of aromatic hydroxyl groups is 4. The Labute approximate surface area is 181 Å². The minimum Gasteiger partial charge on any atom is -0.507 e. The van der Waals surface area contributed by atoms with Crippen molar-refractivity contribution in [2.24, 2.45) is 0 Å². The third-order valence-corrected chi connectivity index (χ3v) is 5.61. The quantitative estimate of drug-likeness (QED) is 0.181. The zero-order valence-corrected chi connectivity index (χ0v) is 17.9. The fourth-order valence-corrected chi connectivity index (χ4v) is 3.81. The zero-order chi connectivity index (χ0) is 22.4. The lowest BCUT2D eigenvalue weighted by molar-refractivity contribution is 0.394. The van der Waals surface area contributed by atoms with Gasteiger partial charge in [0.05, 0.1) is 5.39 Å². The van der Waals surface area contributed by atoms with E-state index in [2.05, 4.69) is 6.92 Å². The van der Waals surface area contributed by atoms with Crippen LogP contribution in [0.1, 0.15) is 63.9 Å². The molecule has 0 aliphatic rings. The maximum Gasteiger partial charge on any atom is 0.235 e. The van der Waals surface area contributed by atoms with Crippen molar-refractivity contribution >= 4 is 11.0 Å². The molecule has 6 heteroatoms. The first-order chi connectivity index (χ1) is 14.9. The number of hydrogen-bond acceptors (Lipinski definition) is 6. The Bertz CT molecular complexity index is 1100. The highest BCUT2D eigenvalue weighted by Gasteiger charge is 2.23. The SMILES string of the molecule is CCCCCCCCCCc1ccc2c(=O)c(O)c(-c3c(O)ccc(O)c3O)oc2c1. The molecule has 0 bridgehead atoms. The first-order valence-electron chi connectivity index (χ1n) is 11.0. The predicted octanol–water partition coefficient (Wildman–Crippen LogP) is 5.97. The molecule has 3 aromatic rings. The van der Waals surface area contributed by atoms with Crippen molar-refractivity contribution in [1.29, 1.82) is 0 Å². The summed E-state index contributed by atoms with van der Waals surface area (Å²) in [5.74, 6) is -2.72. The number of phenols is 3. The van der Waals surface area contributed by atoms with Crippen LogP contribution in [0.5, 0.6) is 23.0 Å². The van der Waals surface area contributed by atoms with E-state index in [9.17, 15) is 25.2 Å². The fourth-order valence-electron chi connectivity index (χ4n) is 3.81. The van der Waals surface area contributed by atoms with Gasteiger partial charge >= 0.3 is 0 Å². The molecular weight excluding hydrogens is 396 g/mol. The lowest BCUT2D eigenvalue weighted by Crippen LogP contribution is -2.03. The fraction of sp³-hybridized carbons (Fsp3) is 0.400. The standard InChI is InChI=1S/C25H30O6/c1-2-3-4-5-6-7-8-9-10-16-11-12-17-20(15-16)31-25(24(30)22(17)28)21-18(26)13-14-19(27)23(21)29/h11-15,26-27,29-30H,2-10H2,1H3. The van der Waals surface area contributed by atoms with E-state index < -0.39 is 28.4 Å². The molecular formula is C25H30O6. The van der Waals surface area contributed by atoms with Gasteiger partial charge in [0.15, 0.2) is 17.3 Å². The molecule has 0 atom stereocenters. The van der Waals surface area contributed by atoms with Gasteiger partial charge in [0.1, 0.15) is 16.9 Å². The van der Waals surface area contributed by atoms with Crippen LogP contribution in [-0.4, -0.2) is 20.4 Å². The van der Waals surface area contributed by atoms with Crippen molar-refractivity contribution in [1.82, 2.24) is 0 Å². The lowest BCUT2D eigenvalue weighted by Gasteiger charge is -2.11. The van der Waals surface area contributed by atoms with Crippen LogP contribution in [0, 0.1) is 0 Å². The van der Waals surface area contributed by atoms with Crippen LogP contribution < -0.4 is 5.43 Å². The van der Waals surface area contributed by atoms with Gasteiger partial charge in [-0.1, -0.05) is 57.9 Å². The van der Waals surface area contributed by atoms with Gasteiger partial charge in [0, 0.05) is 0 Å². The second-order valence-corrected chi connectivity index (χ2v) is 7.99. The molecule has 31 heavy (non-hydrogen) atoms. The van der Waals surface area contributed by atoms with Crippen LogP contribution in [0.25, 0.3) is 22.3 Å². The lowest BCUT2D eigenvalue weighted by atomic mass is 10.0. The average Bonchev–Trinajstić information content (AvgIpc) is 2.76. The zero-order valence-electron chi connectivity index (χ0n) is 17.9. The van der Waals surface area contributed by atoms with E-state index in [4.69, 9.17) is 4.42 Å². The van der Waals surface area contributed by atoms with Crippen LogP contribution >= 0.6 is 0 Å². The summed E-state index contributed by atoms with van der Waals surface area (Å²) >= 11 is 0. The predicted molar refractivity (Wildman–Crippen MR) is 121 cm³/mol. The summed E-state index contributed by atoms with van der Waals surface area (Å²) in [7, 11) is 0. The molecule has 0 fully saturated rings. The molecule has 2 aromatic carbocycles. The van der Waals surface area contributed by atoms with Crippen molar-refractivity contribution < 1.29 is 24.8 Å². The Morgan fingerprint density at radius 3 is 2.13 bits per heavy atom. The first kappa shape index (κ1) is 22.5. The number of hydrogen-bond donors (Lipinski definition) is 4. The molecule has 166 valence electrons. The highest BCUT2D eigenvalue weighted by Crippen LogP contribution is 2.45. The number of rotatable bonds is 10. The van der Waals surface area contributed by atoms with Gasteiger partial charge in [-0.25, -0.2) is 0 Å². The van der Waals surface area contributed by atoms with Crippen LogP contribution in [-0.2, 0) is 6.42 Å². The van der Waals surface area contributed by atoms with E-state index in [1.807, 2.05) is 6.07 Å². The van der Waals surface area contributed by atoms with Crippen molar-refractivity contribution in [3.05, 3.63) is 46.1 Å². The van der Waals surface area contributed by atoms with Gasteiger partial charge in [-0.3, -0.25) is 4.79 Å². The van der Waals surface area contributed by atoms with E-state index in [1.165, 1.54) is 38.5 Å². The minimum absolute atomic E-state index is 0.208. The van der Waals surface area contributed by atoms with Crippen LogP contribution in [0.3, 0.4) is 0 Å². The molecule has 0 saturated carbocycles. The molecule has 0 aliphatic carbocycles. The van der Waals surface area contributed by atoms with E-state index in [-0.39, 0.29) is 22.3 Å². The second kappa shape index (κ2) is 10.2. The minimum atomic E-state index is -0.737. The van der Waals surface area contributed by atoms with Crippen molar-refractivity contribution in [3.63, 3.8) is 0 Å². The third-order valence-electron chi connectivity index (χ3n) is 5.61. The summed E-state index contributed by atoms with van der Waals surface area (Å²) in [4.78, 5) is 12.6. The van der Waals surface area contributed by atoms with Gasteiger partial charge in [-0.2, -0.15) is 0 Å². The summed E-state index contributed by atoms with van der Waals surface area (Å²) in [5.41, 5.74) is 0.252. The van der Waals surface area contributed by atoms with Crippen molar-refractivity contribution in [2.75, 3.05) is 0 Å². The van der Waals surface area contributed by atoms with Gasteiger partial charge < -0.3 is 24.8 Å². The van der Waals surface area contributed by atoms with Crippen LogP contribution in [0.15, 0.2) is 39.5 Å². The second-order valence-electron chi connectivity index (χ2n) is 7.99. The van der Waals surface area contributed by atoms with E-state index in [1.54, 1.807) is 12.1 Å². The van der Waals surface area contributed by atoms with Crippen molar-refractivity contribution in [3.8, 4) is 34.3 Å². The molecule has 0 spiro atoms. The Kier molecular flexibility index (Phi) is 7.45. The summed E-state index contributed by atoms with van der Waals surface area (Å²) in [6, 6.07) is 7.46. The Morgan fingerprint density at radius 1 is 0.774 bits per heavy atom. The summed E-state index contributed by atoms with van der Waals surface area (Å²) in [5, 5.41) is 40.5. The highest BCUT2D eigenvalue weighted by molar-refractivity contribution is 5.86. The number of phenolic OH excluding ortho intramolecular Hbond substituents is 3. The monoisotopic (exact) mass is 426 g/mol. The maximum absolute atomic E-state index is 12.6. The summed E-state index contributed by atoms with van der Waals surface area (Å²) in [6.07, 6.45) is 10.6. The molecule has 0 saturated heterocycles. The van der Waals surface area contributed by atoms with E-state index in [0.717, 1.165) is 37.0 Å². The van der Waals surface area contributed by atoms with Crippen LogP contribution in [0.2, 0.25) is 0 Å². The molecule has 3 rings (SSSR count). The van der Waals surface area contributed by atoms with Crippen molar-refractivity contribution in [2.45, 2.75) is 64.7 Å². The Morgan fingerprint density at radius 2 is 1.42 bits per heavy atom. The van der Waals surface area contributed by atoms with Crippen LogP contribution in [0.4, 0.5) is 0 Å². The average molecular weight is 427 g/mol. The number of fused-ring (bicyclic) bond motifs is 1. The van der Waals surface area contributed by atoms with Gasteiger partial charge in [0.2, 0.25) is 11.2 Å². The Balaban J connectivity index is 1.79. The van der Waals surface area contributed by atoms with Gasteiger partial charge in [-0.15, -0.1) is 0 Å². The molecule has 0 radical (unpaired) electrons. The summed E-state index contributed by atoms with van der Waals surface area (Å²) in [6.45, 7) is 2.21. The summed E-state index contributed by atoms with van der Waals surface area (Å²) < 4.78 is 5.72.